The minimum atomic E-state index is -0.462. The fourth-order valence-electron chi connectivity index (χ4n) is 0.857. The molecule has 0 aliphatic heterocycles. The third-order valence-electron chi connectivity index (χ3n) is 1.49. The van der Waals surface area contributed by atoms with Gasteiger partial charge in [-0.3, -0.25) is 10.1 Å². The average molecular weight is 316 g/mol. The van der Waals surface area contributed by atoms with E-state index in [0.29, 0.717) is 14.4 Å². The number of aromatic nitrogens is 3. The van der Waals surface area contributed by atoms with Crippen molar-refractivity contribution in [3.05, 3.63) is 16.3 Å². The van der Waals surface area contributed by atoms with Crippen molar-refractivity contribution >= 4 is 51.2 Å². The van der Waals surface area contributed by atoms with E-state index >= 15 is 0 Å². The highest BCUT2D eigenvalue weighted by atomic mass is 32.2. The van der Waals surface area contributed by atoms with Crippen LogP contribution in [0.1, 0.15) is 0 Å². The maximum Gasteiger partial charge on any atom is 0.344 e. The lowest BCUT2D eigenvalue weighted by Crippen LogP contribution is -1.80. The molecule has 18 heavy (non-hydrogen) atoms. The molecule has 0 saturated carbocycles. The highest BCUT2D eigenvalue weighted by molar-refractivity contribution is 8.04. The molecule has 0 fully saturated rings. The van der Waals surface area contributed by atoms with Gasteiger partial charge >= 0.3 is 5.00 Å². The smallest absolute Gasteiger partial charge is 0.257 e. The highest BCUT2D eigenvalue weighted by Gasteiger charge is 2.14. The Morgan fingerprint density at radius 2 is 2.17 bits per heavy atom. The zero-order valence-electron chi connectivity index (χ0n) is 8.60. The summed E-state index contributed by atoms with van der Waals surface area (Å²) in [6, 6.07) is 0. The summed E-state index contributed by atoms with van der Waals surface area (Å²) in [6.45, 7) is 0. The number of terminal acetylenes is 1. The minimum absolute atomic E-state index is 0.0175. The van der Waals surface area contributed by atoms with Gasteiger partial charge in [-0.2, -0.15) is 0 Å². The lowest BCUT2D eigenvalue weighted by Gasteiger charge is -1.86. The van der Waals surface area contributed by atoms with E-state index in [4.69, 9.17) is 6.42 Å². The predicted molar refractivity (Wildman–Crippen MR) is 72.4 cm³/mol. The molecule has 0 aliphatic rings. The predicted octanol–water partition coefficient (Wildman–Crippen LogP) is 2.78. The SMILES string of the molecule is C#CCSc1nnc(Sc2ncc([N+](=O)[O-])s2)s1. The Kier molecular flexibility index (Phi) is 4.54. The summed E-state index contributed by atoms with van der Waals surface area (Å²) in [5, 5.41) is 18.4. The van der Waals surface area contributed by atoms with Crippen molar-refractivity contribution in [3.63, 3.8) is 0 Å². The Balaban J connectivity index is 2.02. The number of nitro groups is 1. The third kappa shape index (κ3) is 3.42. The van der Waals surface area contributed by atoms with Gasteiger partial charge in [0, 0.05) is 0 Å². The normalized spacial score (nSPS) is 10.2. The number of rotatable bonds is 5. The molecule has 0 radical (unpaired) electrons. The van der Waals surface area contributed by atoms with Gasteiger partial charge in [-0.25, -0.2) is 4.98 Å². The Morgan fingerprint density at radius 3 is 2.83 bits per heavy atom. The average Bonchev–Trinajstić information content (AvgIpc) is 2.96. The monoisotopic (exact) mass is 316 g/mol. The molecule has 2 rings (SSSR count). The van der Waals surface area contributed by atoms with Crippen LogP contribution in [0.25, 0.3) is 0 Å². The van der Waals surface area contributed by atoms with Gasteiger partial charge in [-0.15, -0.1) is 16.6 Å². The first-order valence-electron chi connectivity index (χ1n) is 4.37. The van der Waals surface area contributed by atoms with Crippen LogP contribution in [0.4, 0.5) is 5.00 Å². The second-order valence-corrected chi connectivity index (χ2v) is 7.35. The molecule has 0 bridgehead atoms. The molecule has 0 atom stereocenters. The third-order valence-corrected chi connectivity index (χ3v) is 5.53. The van der Waals surface area contributed by atoms with Gasteiger partial charge in [0.05, 0.1) is 10.7 Å². The van der Waals surface area contributed by atoms with Crippen molar-refractivity contribution < 1.29 is 4.92 Å². The van der Waals surface area contributed by atoms with E-state index in [9.17, 15) is 10.1 Å². The molecule has 0 saturated heterocycles. The van der Waals surface area contributed by atoms with E-state index in [1.165, 1.54) is 41.1 Å². The Hall–Kier alpha value is -1.15. The van der Waals surface area contributed by atoms with Crippen LogP contribution in [0.3, 0.4) is 0 Å². The van der Waals surface area contributed by atoms with E-state index in [1.54, 1.807) is 0 Å². The Morgan fingerprint density at radius 1 is 1.39 bits per heavy atom. The molecule has 0 aliphatic carbocycles. The molecular formula is C8H4N4O2S4. The van der Waals surface area contributed by atoms with E-state index in [1.807, 2.05) is 0 Å². The van der Waals surface area contributed by atoms with E-state index in [0.717, 1.165) is 15.7 Å². The molecule has 10 heteroatoms. The Bertz CT molecular complexity index is 602. The van der Waals surface area contributed by atoms with Gasteiger partial charge in [-0.1, -0.05) is 29.0 Å². The van der Waals surface area contributed by atoms with Crippen LogP contribution in [-0.2, 0) is 0 Å². The first-order chi connectivity index (χ1) is 8.69. The first kappa shape index (κ1) is 13.3. The highest BCUT2D eigenvalue weighted by Crippen LogP contribution is 2.37. The second kappa shape index (κ2) is 6.14. The molecule has 2 aromatic heterocycles. The second-order valence-electron chi connectivity index (χ2n) is 2.65. The molecular weight excluding hydrogens is 312 g/mol. The molecule has 6 nitrogen and oxygen atoms in total. The fourth-order valence-corrected chi connectivity index (χ4v) is 4.54. The number of hydrogen-bond acceptors (Lipinski definition) is 9. The molecule has 0 amide bonds. The van der Waals surface area contributed by atoms with Gasteiger partial charge < -0.3 is 0 Å². The lowest BCUT2D eigenvalue weighted by atomic mass is 10.8. The molecule has 0 aromatic carbocycles. The van der Waals surface area contributed by atoms with Crippen molar-refractivity contribution in [2.75, 3.05) is 5.75 Å². The minimum Gasteiger partial charge on any atom is -0.257 e. The van der Waals surface area contributed by atoms with Gasteiger partial charge in [0.25, 0.3) is 0 Å². The summed E-state index contributed by atoms with van der Waals surface area (Å²) in [4.78, 5) is 14.0. The molecule has 0 unspecified atom stereocenters. The van der Waals surface area contributed by atoms with Crippen molar-refractivity contribution in [2.24, 2.45) is 0 Å². The zero-order chi connectivity index (χ0) is 13.0. The summed E-state index contributed by atoms with van der Waals surface area (Å²) in [6.07, 6.45) is 6.38. The standard InChI is InChI=1S/C8H4N4O2S4/c1-2-3-15-7-10-11-8(18-7)17-6-9-4-5(16-6)12(13)14/h1,4H,3H2. The van der Waals surface area contributed by atoms with E-state index in [-0.39, 0.29) is 5.00 Å². The van der Waals surface area contributed by atoms with Crippen LogP contribution in [-0.4, -0.2) is 25.9 Å². The van der Waals surface area contributed by atoms with E-state index in [2.05, 4.69) is 21.1 Å². The first-order valence-corrected chi connectivity index (χ1v) is 7.80. The number of nitrogens with zero attached hydrogens (tertiary/aromatic N) is 4. The number of thiazole rings is 1. The van der Waals surface area contributed by atoms with Gasteiger partial charge in [-0.05, 0) is 23.1 Å². The summed E-state index contributed by atoms with van der Waals surface area (Å²) >= 11 is 5.10. The van der Waals surface area contributed by atoms with E-state index < -0.39 is 4.92 Å². The van der Waals surface area contributed by atoms with Crippen LogP contribution < -0.4 is 0 Å². The van der Waals surface area contributed by atoms with Crippen LogP contribution in [0, 0.1) is 22.5 Å². The van der Waals surface area contributed by atoms with Crippen LogP contribution >= 0.6 is 46.2 Å². The molecule has 0 spiro atoms. The maximum atomic E-state index is 10.5. The van der Waals surface area contributed by atoms with Gasteiger partial charge in [0.1, 0.15) is 6.20 Å². The summed E-state index contributed by atoms with van der Waals surface area (Å²) in [5.41, 5.74) is 0. The Labute approximate surface area is 118 Å². The van der Waals surface area contributed by atoms with Crippen LogP contribution in [0.5, 0.6) is 0 Å². The quantitative estimate of drug-likeness (QED) is 0.363. The summed E-state index contributed by atoms with van der Waals surface area (Å²) in [5.74, 6) is 3.04. The maximum absolute atomic E-state index is 10.5. The number of thioether (sulfide) groups is 1. The van der Waals surface area contributed by atoms with Gasteiger partial charge in [0.15, 0.2) is 13.0 Å². The number of hydrogen-bond donors (Lipinski definition) is 0. The topological polar surface area (TPSA) is 81.8 Å². The van der Waals surface area contributed by atoms with Crippen molar-refractivity contribution in [3.8, 4) is 12.3 Å². The van der Waals surface area contributed by atoms with Gasteiger partial charge in [0.2, 0.25) is 0 Å². The van der Waals surface area contributed by atoms with Crippen LogP contribution in [0.2, 0.25) is 0 Å². The summed E-state index contributed by atoms with van der Waals surface area (Å²) in [7, 11) is 0. The van der Waals surface area contributed by atoms with Crippen molar-refractivity contribution in [1.29, 1.82) is 0 Å². The van der Waals surface area contributed by atoms with Crippen LogP contribution in [0.15, 0.2) is 19.2 Å². The molecule has 0 N–H and O–H groups in total. The molecule has 2 heterocycles. The molecule has 92 valence electrons. The summed E-state index contributed by atoms with van der Waals surface area (Å²) < 4.78 is 2.05. The van der Waals surface area contributed by atoms with Crippen molar-refractivity contribution in [1.82, 2.24) is 15.2 Å². The van der Waals surface area contributed by atoms with Crippen molar-refractivity contribution in [2.45, 2.75) is 13.0 Å². The largest absolute Gasteiger partial charge is 0.344 e. The lowest BCUT2D eigenvalue weighted by molar-refractivity contribution is -0.380. The fraction of sp³-hybridized carbons (Fsp3) is 0.125. The zero-order valence-corrected chi connectivity index (χ0v) is 11.9. The molecule has 2 aromatic rings.